The van der Waals surface area contributed by atoms with E-state index in [1.54, 1.807) is 0 Å². The van der Waals surface area contributed by atoms with Crippen LogP contribution in [-0.4, -0.2) is 18.5 Å². The van der Waals surface area contributed by atoms with Crippen LogP contribution in [0.5, 0.6) is 0 Å². The minimum absolute atomic E-state index is 0.710. The average Bonchev–Trinajstić information content (AvgIpc) is 2.25. The minimum Gasteiger partial charge on any atom is -0.313 e. The molecule has 0 fully saturated rings. The molecule has 0 unspecified atom stereocenters. The van der Waals surface area contributed by atoms with Gasteiger partial charge in [-0.2, -0.15) is 0 Å². The maximum Gasteiger partial charge on any atom is 0.0348 e. The van der Waals surface area contributed by atoms with Crippen LogP contribution in [0.15, 0.2) is 0 Å². The average molecular weight is 234 g/mol. The smallest absolute Gasteiger partial charge is 0.0348 e. The van der Waals surface area contributed by atoms with Gasteiger partial charge in [0.2, 0.25) is 0 Å². The molecule has 0 radical (unpaired) electrons. The number of rotatable bonds is 11. The molecule has 0 saturated heterocycles. The van der Waals surface area contributed by atoms with E-state index in [4.69, 9.17) is 11.6 Å². The van der Waals surface area contributed by atoms with Crippen LogP contribution in [-0.2, 0) is 0 Å². The van der Waals surface area contributed by atoms with E-state index in [2.05, 4.69) is 19.2 Å². The van der Waals surface area contributed by atoms with E-state index in [1.165, 1.54) is 51.4 Å². The van der Waals surface area contributed by atoms with E-state index in [0.717, 1.165) is 12.4 Å². The molecule has 0 aromatic rings. The molecule has 0 aliphatic rings. The van der Waals surface area contributed by atoms with Crippen LogP contribution in [0.3, 0.4) is 0 Å². The first-order valence-electron chi connectivity index (χ1n) is 6.64. The van der Waals surface area contributed by atoms with Gasteiger partial charge >= 0.3 is 0 Å². The summed E-state index contributed by atoms with van der Waals surface area (Å²) in [6.45, 7) is 5.49. The predicted octanol–water partition coefficient (Wildman–Crippen LogP) is 4.34. The van der Waals surface area contributed by atoms with E-state index >= 15 is 0 Å². The lowest BCUT2D eigenvalue weighted by Gasteiger charge is -2.17. The second kappa shape index (κ2) is 12.3. The highest BCUT2D eigenvalue weighted by Crippen LogP contribution is 2.10. The van der Waals surface area contributed by atoms with Crippen molar-refractivity contribution in [2.75, 3.05) is 12.4 Å². The Labute approximate surface area is 101 Å². The molecule has 0 rings (SSSR count). The van der Waals surface area contributed by atoms with Gasteiger partial charge < -0.3 is 5.32 Å². The van der Waals surface area contributed by atoms with Crippen molar-refractivity contribution in [1.82, 2.24) is 5.32 Å². The van der Waals surface area contributed by atoms with Crippen molar-refractivity contribution in [2.24, 2.45) is 0 Å². The Hall–Kier alpha value is 0.250. The largest absolute Gasteiger partial charge is 0.313 e. The zero-order valence-corrected chi connectivity index (χ0v) is 11.3. The number of alkyl halides is 1. The summed E-state index contributed by atoms with van der Waals surface area (Å²) in [6, 6.07) is 0.710. The van der Waals surface area contributed by atoms with E-state index in [-0.39, 0.29) is 0 Å². The molecule has 0 bridgehead atoms. The monoisotopic (exact) mass is 233 g/mol. The molecule has 0 spiro atoms. The van der Waals surface area contributed by atoms with Gasteiger partial charge in [-0.15, -0.1) is 11.6 Å². The van der Waals surface area contributed by atoms with Crippen LogP contribution >= 0.6 is 11.6 Å². The van der Waals surface area contributed by atoms with Gasteiger partial charge in [0.05, 0.1) is 0 Å². The normalized spacial score (nSPS) is 11.2. The van der Waals surface area contributed by atoms with Crippen molar-refractivity contribution in [1.29, 1.82) is 0 Å². The van der Waals surface area contributed by atoms with Gasteiger partial charge in [0, 0.05) is 18.5 Å². The highest BCUT2D eigenvalue weighted by molar-refractivity contribution is 6.18. The summed E-state index contributed by atoms with van der Waals surface area (Å²) in [4.78, 5) is 0. The number of halogens is 1. The molecule has 0 aliphatic carbocycles. The van der Waals surface area contributed by atoms with Crippen molar-refractivity contribution in [3.05, 3.63) is 0 Å². The molecule has 15 heavy (non-hydrogen) atoms. The fourth-order valence-electron chi connectivity index (χ4n) is 1.89. The molecule has 0 heterocycles. The van der Waals surface area contributed by atoms with Crippen molar-refractivity contribution in [2.45, 2.75) is 71.3 Å². The van der Waals surface area contributed by atoms with Crippen molar-refractivity contribution in [3.63, 3.8) is 0 Å². The lowest BCUT2D eigenvalue weighted by Crippen LogP contribution is -2.30. The Morgan fingerprint density at radius 2 is 1.47 bits per heavy atom. The Bertz CT molecular complexity index is 107. The summed E-state index contributed by atoms with van der Waals surface area (Å²) in [5.74, 6) is 0.734. The number of unbranched alkanes of at least 4 members (excludes halogenated alkanes) is 4. The third-order valence-electron chi connectivity index (χ3n) is 2.84. The molecule has 0 atom stereocenters. The second-order valence-electron chi connectivity index (χ2n) is 4.33. The lowest BCUT2D eigenvalue weighted by atomic mass is 10.0. The predicted molar refractivity (Wildman–Crippen MR) is 70.8 cm³/mol. The van der Waals surface area contributed by atoms with E-state index in [1.807, 2.05) is 0 Å². The van der Waals surface area contributed by atoms with Crippen molar-refractivity contribution < 1.29 is 0 Å². The van der Waals surface area contributed by atoms with Gasteiger partial charge in [-0.05, 0) is 12.8 Å². The minimum atomic E-state index is 0.710. The van der Waals surface area contributed by atoms with Crippen molar-refractivity contribution >= 4 is 11.6 Å². The maximum absolute atomic E-state index is 5.71. The molecule has 0 saturated carbocycles. The van der Waals surface area contributed by atoms with Gasteiger partial charge in [0.15, 0.2) is 0 Å². The van der Waals surface area contributed by atoms with Crippen LogP contribution in [0.4, 0.5) is 0 Å². The third-order valence-corrected chi connectivity index (χ3v) is 3.03. The second-order valence-corrected chi connectivity index (χ2v) is 4.71. The lowest BCUT2D eigenvalue weighted by molar-refractivity contribution is 0.428. The summed E-state index contributed by atoms with van der Waals surface area (Å²) in [6.07, 6.45) is 10.8. The first-order valence-corrected chi connectivity index (χ1v) is 7.17. The first-order chi connectivity index (χ1) is 7.35. The zero-order valence-electron chi connectivity index (χ0n) is 10.5. The standard InChI is InChI=1S/C13H28ClN/c1-3-5-7-9-13(15-12-11-14)10-8-6-4-2/h13,15H,3-12H2,1-2H3. The topological polar surface area (TPSA) is 12.0 Å². The first kappa shape index (κ1) is 15.2. The number of nitrogens with one attached hydrogen (secondary N) is 1. The molecule has 0 aromatic heterocycles. The Morgan fingerprint density at radius 3 is 1.87 bits per heavy atom. The molecule has 0 amide bonds. The quantitative estimate of drug-likeness (QED) is 0.414. The highest BCUT2D eigenvalue weighted by Gasteiger charge is 2.06. The van der Waals surface area contributed by atoms with Crippen molar-refractivity contribution in [3.8, 4) is 0 Å². The van der Waals surface area contributed by atoms with Crippen LogP contribution in [0.25, 0.3) is 0 Å². The van der Waals surface area contributed by atoms with E-state index < -0.39 is 0 Å². The fourth-order valence-corrected chi connectivity index (χ4v) is 2.00. The molecule has 0 aliphatic heterocycles. The fraction of sp³-hybridized carbons (Fsp3) is 1.00. The molecule has 1 nitrogen and oxygen atoms in total. The van der Waals surface area contributed by atoms with Gasteiger partial charge in [-0.1, -0.05) is 52.4 Å². The molecule has 1 N–H and O–H groups in total. The Balaban J connectivity index is 3.53. The third kappa shape index (κ3) is 10.5. The van der Waals surface area contributed by atoms with Gasteiger partial charge in [0.1, 0.15) is 0 Å². The molecule has 0 aromatic carbocycles. The van der Waals surface area contributed by atoms with E-state index in [0.29, 0.717) is 6.04 Å². The van der Waals surface area contributed by atoms with Gasteiger partial charge in [-0.3, -0.25) is 0 Å². The molecular formula is C13H28ClN. The van der Waals surface area contributed by atoms with Crippen LogP contribution in [0.1, 0.15) is 65.2 Å². The Morgan fingerprint density at radius 1 is 0.933 bits per heavy atom. The van der Waals surface area contributed by atoms with Crippen LogP contribution in [0.2, 0.25) is 0 Å². The highest BCUT2D eigenvalue weighted by atomic mass is 35.5. The molecular weight excluding hydrogens is 206 g/mol. The van der Waals surface area contributed by atoms with Gasteiger partial charge in [-0.25, -0.2) is 0 Å². The summed E-state index contributed by atoms with van der Waals surface area (Å²) in [5.41, 5.74) is 0. The van der Waals surface area contributed by atoms with Gasteiger partial charge in [0.25, 0.3) is 0 Å². The Kier molecular flexibility index (Phi) is 12.5. The molecule has 2 heteroatoms. The van der Waals surface area contributed by atoms with Crippen LogP contribution in [0, 0.1) is 0 Å². The summed E-state index contributed by atoms with van der Waals surface area (Å²) in [7, 11) is 0. The zero-order chi connectivity index (χ0) is 11.4. The number of hydrogen-bond donors (Lipinski definition) is 1. The molecule has 92 valence electrons. The van der Waals surface area contributed by atoms with Crippen LogP contribution < -0.4 is 5.32 Å². The maximum atomic E-state index is 5.71. The van der Waals surface area contributed by atoms with E-state index in [9.17, 15) is 0 Å². The SMILES string of the molecule is CCCCCC(CCCCC)NCCCl. The summed E-state index contributed by atoms with van der Waals surface area (Å²) in [5, 5.41) is 3.56. The summed E-state index contributed by atoms with van der Waals surface area (Å²) >= 11 is 5.71. The summed E-state index contributed by atoms with van der Waals surface area (Å²) < 4.78 is 0. The number of hydrogen-bond acceptors (Lipinski definition) is 1.